The molecule has 4 nitrogen and oxygen atoms in total. The van der Waals surface area contributed by atoms with Crippen LogP contribution in [0.5, 0.6) is 5.75 Å². The topological polar surface area (TPSA) is 51.2 Å². The predicted octanol–water partition coefficient (Wildman–Crippen LogP) is 5.73. The molecule has 27 heavy (non-hydrogen) atoms. The summed E-state index contributed by atoms with van der Waals surface area (Å²) in [5.74, 6) is 0.0406. The molecule has 0 aliphatic rings. The molecule has 0 atom stereocenters. The summed E-state index contributed by atoms with van der Waals surface area (Å²) < 4.78 is 3.24. The van der Waals surface area contributed by atoms with Crippen molar-refractivity contribution in [3.63, 3.8) is 0 Å². The molecule has 0 radical (unpaired) electrons. The van der Waals surface area contributed by atoms with Crippen LogP contribution < -0.4 is 10.1 Å². The lowest BCUT2D eigenvalue weighted by molar-refractivity contribution is -0.115. The number of anilines is 1. The molecule has 0 aliphatic carbocycles. The Morgan fingerprint density at radius 2 is 1.52 bits per heavy atom. The highest BCUT2D eigenvalue weighted by Crippen LogP contribution is 2.29. The SMILES string of the molecule is COc1cccc(-c2cccc(-c3cccc(NC(=O)C(Cl)(Cl)Cl)c3)n2)c1. The van der Waals surface area contributed by atoms with Gasteiger partial charge < -0.3 is 10.1 Å². The van der Waals surface area contributed by atoms with E-state index in [2.05, 4.69) is 5.32 Å². The van der Waals surface area contributed by atoms with E-state index >= 15 is 0 Å². The zero-order valence-electron chi connectivity index (χ0n) is 14.2. The molecule has 1 heterocycles. The van der Waals surface area contributed by atoms with Gasteiger partial charge in [-0.25, -0.2) is 4.98 Å². The standard InChI is InChI=1S/C20H15Cl3N2O2/c1-27-16-8-3-6-14(12-16)18-10-4-9-17(25-18)13-5-2-7-15(11-13)24-19(26)20(21,22)23/h2-12H,1H3,(H,24,26). The first-order valence-corrected chi connectivity index (χ1v) is 9.10. The molecule has 3 aromatic rings. The second kappa shape index (κ2) is 8.17. The number of halogens is 3. The van der Waals surface area contributed by atoms with Crippen molar-refractivity contribution >= 4 is 46.4 Å². The van der Waals surface area contributed by atoms with Crippen molar-refractivity contribution in [1.29, 1.82) is 0 Å². The number of rotatable bonds is 4. The molecule has 0 bridgehead atoms. The average Bonchev–Trinajstić information content (AvgIpc) is 2.67. The molecule has 0 saturated heterocycles. The lowest BCUT2D eigenvalue weighted by Gasteiger charge is -2.12. The Morgan fingerprint density at radius 3 is 2.15 bits per heavy atom. The van der Waals surface area contributed by atoms with Crippen molar-refractivity contribution in [3.05, 3.63) is 66.7 Å². The highest BCUT2D eigenvalue weighted by atomic mass is 35.6. The van der Waals surface area contributed by atoms with Gasteiger partial charge in [0.05, 0.1) is 18.5 Å². The zero-order chi connectivity index (χ0) is 19.4. The molecule has 2 aromatic carbocycles. The number of hydrogen-bond donors (Lipinski definition) is 1. The summed E-state index contributed by atoms with van der Waals surface area (Å²) in [4.78, 5) is 16.6. The van der Waals surface area contributed by atoms with Crippen LogP contribution in [-0.4, -0.2) is 21.8 Å². The zero-order valence-corrected chi connectivity index (χ0v) is 16.5. The van der Waals surface area contributed by atoms with Crippen molar-refractivity contribution in [2.24, 2.45) is 0 Å². The number of pyridine rings is 1. The fourth-order valence-corrected chi connectivity index (χ4v) is 2.64. The highest BCUT2D eigenvalue weighted by Gasteiger charge is 2.30. The largest absolute Gasteiger partial charge is 0.497 e. The smallest absolute Gasteiger partial charge is 0.276 e. The van der Waals surface area contributed by atoms with Crippen molar-refractivity contribution in [2.45, 2.75) is 3.79 Å². The Kier molecular flexibility index (Phi) is 5.90. The minimum Gasteiger partial charge on any atom is -0.497 e. The fourth-order valence-electron chi connectivity index (χ4n) is 2.50. The molecular weight excluding hydrogens is 407 g/mol. The first-order valence-electron chi connectivity index (χ1n) is 7.97. The molecule has 0 spiro atoms. The van der Waals surface area contributed by atoms with Crippen LogP contribution in [-0.2, 0) is 4.79 Å². The molecule has 1 amide bonds. The van der Waals surface area contributed by atoms with Gasteiger partial charge in [-0.2, -0.15) is 0 Å². The van der Waals surface area contributed by atoms with Crippen molar-refractivity contribution in [2.75, 3.05) is 12.4 Å². The summed E-state index contributed by atoms with van der Waals surface area (Å²) in [6.07, 6.45) is 0. The normalized spacial score (nSPS) is 11.1. The Labute approximate surface area is 172 Å². The Bertz CT molecular complexity index is 971. The summed E-state index contributed by atoms with van der Waals surface area (Å²) >= 11 is 16.8. The van der Waals surface area contributed by atoms with Crippen LogP contribution in [0.15, 0.2) is 66.7 Å². The second-order valence-corrected chi connectivity index (χ2v) is 7.95. The van der Waals surface area contributed by atoms with E-state index in [1.807, 2.05) is 48.5 Å². The second-order valence-electron chi connectivity index (χ2n) is 5.67. The third-order valence-corrected chi connectivity index (χ3v) is 4.30. The number of benzene rings is 2. The molecular formula is C20H15Cl3N2O2. The lowest BCUT2D eigenvalue weighted by atomic mass is 10.1. The van der Waals surface area contributed by atoms with Gasteiger partial charge in [-0.3, -0.25) is 4.79 Å². The lowest BCUT2D eigenvalue weighted by Crippen LogP contribution is -2.26. The first-order chi connectivity index (χ1) is 12.9. The molecule has 1 N–H and O–H groups in total. The van der Waals surface area contributed by atoms with Crippen LogP contribution in [0.4, 0.5) is 5.69 Å². The van der Waals surface area contributed by atoms with E-state index in [9.17, 15) is 4.79 Å². The average molecular weight is 422 g/mol. The summed E-state index contributed by atoms with van der Waals surface area (Å²) in [7, 11) is 1.62. The number of carbonyl (C=O) groups is 1. The molecule has 1 aromatic heterocycles. The fraction of sp³-hybridized carbons (Fsp3) is 0.100. The summed E-state index contributed by atoms with van der Waals surface area (Å²) in [5.41, 5.74) is 3.83. The van der Waals surface area contributed by atoms with Crippen LogP contribution in [0.1, 0.15) is 0 Å². The van der Waals surface area contributed by atoms with Crippen LogP contribution in [0.3, 0.4) is 0 Å². The van der Waals surface area contributed by atoms with E-state index in [1.54, 1.807) is 25.3 Å². The van der Waals surface area contributed by atoms with Gasteiger partial charge in [-0.1, -0.05) is 65.1 Å². The number of alkyl halides is 3. The molecule has 0 fully saturated rings. The number of ether oxygens (including phenoxy) is 1. The number of hydrogen-bond acceptors (Lipinski definition) is 3. The van der Waals surface area contributed by atoms with Crippen LogP contribution in [0, 0.1) is 0 Å². The predicted molar refractivity (Wildman–Crippen MR) is 111 cm³/mol. The third-order valence-electron chi connectivity index (χ3n) is 3.79. The number of carbonyl (C=O) groups excluding carboxylic acids is 1. The maximum absolute atomic E-state index is 11.8. The van der Waals surface area contributed by atoms with Crippen LogP contribution >= 0.6 is 34.8 Å². The maximum atomic E-state index is 11.8. The van der Waals surface area contributed by atoms with E-state index in [0.29, 0.717) is 5.69 Å². The minimum atomic E-state index is -2.03. The number of methoxy groups -OCH3 is 1. The van der Waals surface area contributed by atoms with E-state index in [4.69, 9.17) is 44.5 Å². The molecule has 138 valence electrons. The monoisotopic (exact) mass is 420 g/mol. The van der Waals surface area contributed by atoms with E-state index in [1.165, 1.54) is 0 Å². The third kappa shape index (κ3) is 4.92. The van der Waals surface area contributed by atoms with Gasteiger partial charge in [0.2, 0.25) is 0 Å². The van der Waals surface area contributed by atoms with Crippen LogP contribution in [0.2, 0.25) is 0 Å². The summed E-state index contributed by atoms with van der Waals surface area (Å²) in [5, 5.41) is 2.57. The molecule has 0 saturated carbocycles. The van der Waals surface area contributed by atoms with Crippen molar-refractivity contribution in [1.82, 2.24) is 4.98 Å². The molecule has 0 aliphatic heterocycles. The van der Waals surface area contributed by atoms with Gasteiger partial charge in [-0.15, -0.1) is 0 Å². The van der Waals surface area contributed by atoms with E-state index in [-0.39, 0.29) is 0 Å². The van der Waals surface area contributed by atoms with Crippen LogP contribution in [0.25, 0.3) is 22.5 Å². The minimum absolute atomic E-state index is 0.511. The molecule has 3 rings (SSSR count). The number of aromatic nitrogens is 1. The van der Waals surface area contributed by atoms with Gasteiger partial charge in [0.15, 0.2) is 0 Å². The Hall–Kier alpha value is -2.27. The maximum Gasteiger partial charge on any atom is 0.276 e. The Morgan fingerprint density at radius 1 is 0.926 bits per heavy atom. The van der Waals surface area contributed by atoms with E-state index in [0.717, 1.165) is 28.3 Å². The van der Waals surface area contributed by atoms with Gasteiger partial charge in [0.1, 0.15) is 5.75 Å². The van der Waals surface area contributed by atoms with Crippen molar-refractivity contribution in [3.8, 4) is 28.3 Å². The highest BCUT2D eigenvalue weighted by molar-refractivity contribution is 6.76. The number of nitrogens with zero attached hydrogens (tertiary/aromatic N) is 1. The van der Waals surface area contributed by atoms with Crippen molar-refractivity contribution < 1.29 is 9.53 Å². The number of amides is 1. The van der Waals surface area contributed by atoms with Gasteiger partial charge >= 0.3 is 0 Å². The molecule has 0 unspecified atom stereocenters. The van der Waals surface area contributed by atoms with Gasteiger partial charge in [0.25, 0.3) is 9.70 Å². The summed E-state index contributed by atoms with van der Waals surface area (Å²) in [6.45, 7) is 0. The molecule has 7 heteroatoms. The quantitative estimate of drug-likeness (QED) is 0.547. The number of nitrogens with one attached hydrogen (secondary N) is 1. The summed E-state index contributed by atoms with van der Waals surface area (Å²) in [6, 6.07) is 20.6. The van der Waals surface area contributed by atoms with E-state index < -0.39 is 9.70 Å². The first kappa shape index (κ1) is 19.5. The van der Waals surface area contributed by atoms with Gasteiger partial charge in [0, 0.05) is 16.8 Å². The Balaban J connectivity index is 1.91. The van der Waals surface area contributed by atoms with Gasteiger partial charge in [-0.05, 0) is 36.4 Å².